The van der Waals surface area contributed by atoms with Gasteiger partial charge in [0.15, 0.2) is 6.20 Å². The van der Waals surface area contributed by atoms with E-state index in [4.69, 9.17) is 0 Å². The third-order valence-electron chi connectivity index (χ3n) is 6.28. The van der Waals surface area contributed by atoms with E-state index in [-0.39, 0.29) is 10.8 Å². The highest BCUT2D eigenvalue weighted by molar-refractivity contribution is 5.63. The molecular weight excluding hydrogens is 326 g/mol. The van der Waals surface area contributed by atoms with Crippen LogP contribution in [0.25, 0.3) is 11.3 Å². The molecule has 1 heteroatoms. The molecule has 0 N–H and O–H groups in total. The van der Waals surface area contributed by atoms with Gasteiger partial charge in [0.1, 0.15) is 7.05 Å². The van der Waals surface area contributed by atoms with Gasteiger partial charge in [-0.05, 0) is 59.3 Å². The van der Waals surface area contributed by atoms with Crippen molar-refractivity contribution in [2.75, 3.05) is 0 Å². The molecule has 1 saturated carbocycles. The normalized spacial score (nSPS) is 16.1. The van der Waals surface area contributed by atoms with Gasteiger partial charge in [0.25, 0.3) is 0 Å². The van der Waals surface area contributed by atoms with Crippen LogP contribution >= 0.6 is 0 Å². The van der Waals surface area contributed by atoms with Crippen molar-refractivity contribution in [1.82, 2.24) is 0 Å². The van der Waals surface area contributed by atoms with Crippen LogP contribution in [0.4, 0.5) is 0 Å². The molecule has 1 aliphatic carbocycles. The van der Waals surface area contributed by atoms with E-state index in [1.54, 1.807) is 5.56 Å². The molecule has 0 radical (unpaired) electrons. The zero-order chi connectivity index (χ0) is 20.0. The van der Waals surface area contributed by atoms with Crippen molar-refractivity contribution in [2.45, 2.75) is 90.9 Å². The highest BCUT2D eigenvalue weighted by Crippen LogP contribution is 2.40. The molecule has 0 aliphatic heterocycles. The Hall–Kier alpha value is -1.63. The minimum Gasteiger partial charge on any atom is -0.201 e. The molecule has 0 amide bonds. The van der Waals surface area contributed by atoms with E-state index >= 15 is 0 Å². The first kappa shape index (κ1) is 20.1. The number of pyridine rings is 1. The average molecular weight is 365 g/mol. The number of benzene rings is 1. The SMILES string of the molecule is Cc1cc(C(C)(C)C)ccc1-c1cc(C2CCCC2)c(C(C)(C)C)c[n+]1C. The van der Waals surface area contributed by atoms with Crippen LogP contribution in [0, 0.1) is 6.92 Å². The second-order valence-electron chi connectivity index (χ2n) is 10.6. The van der Waals surface area contributed by atoms with Gasteiger partial charge in [0, 0.05) is 17.2 Å². The molecular formula is C26H38N+. The zero-order valence-corrected chi connectivity index (χ0v) is 18.7. The summed E-state index contributed by atoms with van der Waals surface area (Å²) in [5.41, 5.74) is 8.98. The largest absolute Gasteiger partial charge is 0.212 e. The van der Waals surface area contributed by atoms with Crippen LogP contribution in [0.15, 0.2) is 30.5 Å². The van der Waals surface area contributed by atoms with Crippen molar-refractivity contribution in [1.29, 1.82) is 0 Å². The van der Waals surface area contributed by atoms with E-state index in [1.165, 1.54) is 53.6 Å². The van der Waals surface area contributed by atoms with Crippen molar-refractivity contribution in [3.63, 3.8) is 0 Å². The Balaban J connectivity index is 2.15. The summed E-state index contributed by atoms with van der Waals surface area (Å²) in [6.07, 6.45) is 7.85. The topological polar surface area (TPSA) is 3.88 Å². The lowest BCUT2D eigenvalue weighted by Crippen LogP contribution is -2.34. The summed E-state index contributed by atoms with van der Waals surface area (Å²) in [6, 6.07) is 9.54. The fourth-order valence-corrected chi connectivity index (χ4v) is 4.55. The number of rotatable bonds is 2. The van der Waals surface area contributed by atoms with Crippen LogP contribution in [-0.2, 0) is 17.9 Å². The van der Waals surface area contributed by atoms with Crippen molar-refractivity contribution < 1.29 is 4.57 Å². The van der Waals surface area contributed by atoms with Gasteiger partial charge in [-0.15, -0.1) is 0 Å². The maximum Gasteiger partial charge on any atom is 0.212 e. The molecule has 0 bridgehead atoms. The fourth-order valence-electron chi connectivity index (χ4n) is 4.55. The standard InChI is InChI=1S/C26H38N/c1-18-15-20(25(2,3)4)13-14-21(18)24-16-22(19-11-9-10-12-19)23(17-27(24)8)26(5,6)7/h13-17,19H,9-12H2,1-8H3/q+1. The van der Waals surface area contributed by atoms with Crippen LogP contribution in [-0.4, -0.2) is 0 Å². The maximum atomic E-state index is 2.51. The molecule has 1 heterocycles. The van der Waals surface area contributed by atoms with E-state index in [2.05, 4.69) is 90.5 Å². The smallest absolute Gasteiger partial charge is 0.201 e. The third-order valence-corrected chi connectivity index (χ3v) is 6.28. The van der Waals surface area contributed by atoms with Crippen molar-refractivity contribution in [3.8, 4) is 11.3 Å². The molecule has 1 nitrogen and oxygen atoms in total. The first-order chi connectivity index (χ1) is 12.5. The number of nitrogens with zero attached hydrogens (tertiary/aromatic N) is 1. The van der Waals surface area contributed by atoms with Crippen LogP contribution in [0.5, 0.6) is 0 Å². The average Bonchev–Trinajstić information content (AvgIpc) is 3.07. The van der Waals surface area contributed by atoms with Crippen molar-refractivity contribution in [2.24, 2.45) is 7.05 Å². The van der Waals surface area contributed by atoms with Gasteiger partial charge in [-0.3, -0.25) is 0 Å². The van der Waals surface area contributed by atoms with Crippen LogP contribution < -0.4 is 4.57 Å². The predicted octanol–water partition coefficient (Wildman–Crippen LogP) is 6.74. The van der Waals surface area contributed by atoms with Crippen molar-refractivity contribution >= 4 is 0 Å². The maximum absolute atomic E-state index is 2.51. The quantitative estimate of drug-likeness (QED) is 0.520. The van der Waals surface area contributed by atoms with E-state index in [1.807, 2.05) is 0 Å². The molecule has 1 aromatic heterocycles. The second-order valence-corrected chi connectivity index (χ2v) is 10.6. The van der Waals surface area contributed by atoms with Crippen molar-refractivity contribution in [3.05, 3.63) is 52.7 Å². The number of aryl methyl sites for hydroxylation is 2. The van der Waals surface area contributed by atoms with E-state index in [9.17, 15) is 0 Å². The molecule has 0 atom stereocenters. The lowest BCUT2D eigenvalue weighted by Gasteiger charge is -2.25. The molecule has 146 valence electrons. The monoisotopic (exact) mass is 364 g/mol. The Morgan fingerprint density at radius 1 is 0.889 bits per heavy atom. The van der Waals surface area contributed by atoms with Gasteiger partial charge in [-0.2, -0.15) is 0 Å². The molecule has 1 aliphatic rings. The van der Waals surface area contributed by atoms with E-state index in [0.717, 1.165) is 5.92 Å². The van der Waals surface area contributed by atoms with Crippen LogP contribution in [0.1, 0.15) is 95.4 Å². The molecule has 27 heavy (non-hydrogen) atoms. The molecule has 0 unspecified atom stereocenters. The summed E-state index contributed by atoms with van der Waals surface area (Å²) in [5, 5.41) is 0. The molecule has 2 aromatic rings. The minimum absolute atomic E-state index is 0.180. The van der Waals surface area contributed by atoms with Gasteiger partial charge in [-0.25, -0.2) is 4.57 Å². The highest BCUT2D eigenvalue weighted by atomic mass is 14.9. The molecule has 0 spiro atoms. The summed E-state index contributed by atoms with van der Waals surface area (Å²) < 4.78 is 2.35. The highest BCUT2D eigenvalue weighted by Gasteiger charge is 2.30. The lowest BCUT2D eigenvalue weighted by molar-refractivity contribution is -0.661. The predicted molar refractivity (Wildman–Crippen MR) is 116 cm³/mol. The molecule has 3 rings (SSSR count). The van der Waals surface area contributed by atoms with Gasteiger partial charge >= 0.3 is 0 Å². The Morgan fingerprint density at radius 3 is 2.04 bits per heavy atom. The third kappa shape index (κ3) is 4.13. The van der Waals surface area contributed by atoms with E-state index < -0.39 is 0 Å². The number of hydrogen-bond acceptors (Lipinski definition) is 0. The van der Waals surface area contributed by atoms with E-state index in [0.29, 0.717) is 0 Å². The second kappa shape index (κ2) is 7.08. The summed E-state index contributed by atoms with van der Waals surface area (Å²) >= 11 is 0. The summed E-state index contributed by atoms with van der Waals surface area (Å²) in [6.45, 7) is 16.2. The summed E-state index contributed by atoms with van der Waals surface area (Å²) in [4.78, 5) is 0. The zero-order valence-electron chi connectivity index (χ0n) is 18.7. The minimum atomic E-state index is 0.180. The number of aromatic nitrogens is 1. The lowest BCUT2D eigenvalue weighted by atomic mass is 9.79. The molecule has 1 fully saturated rings. The Labute approximate surface area is 166 Å². The van der Waals surface area contributed by atoms with Gasteiger partial charge in [0.05, 0.1) is 0 Å². The first-order valence-corrected chi connectivity index (χ1v) is 10.6. The Bertz CT molecular complexity index is 825. The fraction of sp³-hybridized carbons (Fsp3) is 0.577. The van der Waals surface area contributed by atoms with Gasteiger partial charge in [-0.1, -0.05) is 66.5 Å². The molecule has 0 saturated heterocycles. The number of hydrogen-bond donors (Lipinski definition) is 0. The molecule has 1 aromatic carbocycles. The Kier molecular flexibility index (Phi) is 5.27. The van der Waals surface area contributed by atoms with Crippen LogP contribution in [0.2, 0.25) is 0 Å². The summed E-state index contributed by atoms with van der Waals surface area (Å²) in [5.74, 6) is 0.730. The first-order valence-electron chi connectivity index (χ1n) is 10.6. The van der Waals surface area contributed by atoms with Gasteiger partial charge < -0.3 is 0 Å². The Morgan fingerprint density at radius 2 is 1.52 bits per heavy atom. The van der Waals surface area contributed by atoms with Gasteiger partial charge in [0.2, 0.25) is 5.69 Å². The summed E-state index contributed by atoms with van der Waals surface area (Å²) in [7, 11) is 2.21. The van der Waals surface area contributed by atoms with Crippen LogP contribution in [0.3, 0.4) is 0 Å².